The molecule has 3 nitrogen and oxygen atoms in total. The highest BCUT2D eigenvalue weighted by Gasteiger charge is 2.49. The van der Waals surface area contributed by atoms with Crippen molar-refractivity contribution in [2.24, 2.45) is 10.7 Å². The Morgan fingerprint density at radius 1 is 1.46 bits per heavy atom. The number of amidine groups is 1. The maximum atomic E-state index is 11.9. The lowest BCUT2D eigenvalue weighted by atomic mass is 10.1. The van der Waals surface area contributed by atoms with Crippen LogP contribution in [0.3, 0.4) is 0 Å². The fourth-order valence-electron chi connectivity index (χ4n) is 0.368. The number of nitrogens with two attached hydrogens (primary N) is 1. The number of rotatable bonds is 2. The lowest BCUT2D eigenvalue weighted by Crippen LogP contribution is -2.45. The summed E-state index contributed by atoms with van der Waals surface area (Å²) in [5, 5.41) is 8.81. The maximum Gasteiger partial charge on any atom is 0.418 e. The Morgan fingerprint density at radius 3 is 2.08 bits per heavy atom. The topological polar surface area (TPSA) is 58.6 Å². The minimum absolute atomic E-state index is 0. The Kier molecular flexibility index (Phi) is 5.92. The third-order valence-electron chi connectivity index (χ3n) is 1.25. The van der Waals surface area contributed by atoms with Gasteiger partial charge >= 0.3 is 6.18 Å². The molecule has 0 aromatic rings. The van der Waals surface area contributed by atoms with E-state index in [0.29, 0.717) is 6.92 Å². The van der Waals surface area contributed by atoms with Crippen LogP contribution in [-0.2, 0) is 0 Å². The lowest BCUT2D eigenvalue weighted by molar-refractivity contribution is -0.248. The van der Waals surface area contributed by atoms with Crippen LogP contribution in [0.5, 0.6) is 0 Å². The molecule has 0 amide bonds. The quantitative estimate of drug-likeness (QED) is 0.459. The number of nitrogens with zero attached hydrogens (tertiary/aromatic N) is 1. The Morgan fingerprint density at radius 2 is 1.85 bits per heavy atom. The molecular weight excluding hydrogens is 300 g/mol. The van der Waals surface area contributed by atoms with Crippen molar-refractivity contribution in [3.63, 3.8) is 0 Å². The molecule has 7 heteroatoms. The van der Waals surface area contributed by atoms with E-state index in [0.717, 1.165) is 0 Å². The van der Waals surface area contributed by atoms with Gasteiger partial charge in [0, 0.05) is 0 Å². The van der Waals surface area contributed by atoms with Gasteiger partial charge < -0.3 is 10.8 Å². The number of aliphatic imine (C=N–C) groups is 1. The molecule has 0 fully saturated rings. The zero-order chi connectivity index (χ0) is 9.99. The monoisotopic (exact) mass is 312 g/mol. The van der Waals surface area contributed by atoms with E-state index in [1.807, 2.05) is 0 Å². The fourth-order valence-corrected chi connectivity index (χ4v) is 0.368. The van der Waals surface area contributed by atoms with E-state index < -0.39 is 18.3 Å². The van der Waals surface area contributed by atoms with Gasteiger partial charge in [0.25, 0.3) is 0 Å². The number of alkyl halides is 3. The first-order chi connectivity index (χ1) is 5.17. The van der Waals surface area contributed by atoms with Crippen LogP contribution in [0.25, 0.3) is 0 Å². The lowest BCUT2D eigenvalue weighted by Gasteiger charge is -2.24. The Labute approximate surface area is 91.2 Å². The number of aliphatic hydroxyl groups is 1. The molecule has 0 heterocycles. The molecule has 0 aliphatic carbocycles. The summed E-state index contributed by atoms with van der Waals surface area (Å²) in [4.78, 5) is 3.29. The molecule has 0 aliphatic heterocycles. The summed E-state index contributed by atoms with van der Waals surface area (Å²) < 4.78 is 35.8. The molecule has 0 saturated heterocycles. The van der Waals surface area contributed by atoms with Crippen LogP contribution in [0.4, 0.5) is 13.2 Å². The second-order valence-electron chi connectivity index (χ2n) is 2.73. The van der Waals surface area contributed by atoms with Crippen molar-refractivity contribution in [2.75, 3.05) is 6.54 Å². The highest BCUT2D eigenvalue weighted by Crippen LogP contribution is 2.29. The van der Waals surface area contributed by atoms with Crippen molar-refractivity contribution in [3.8, 4) is 0 Å². The molecule has 0 aromatic carbocycles. The number of hydrogen-bond donors (Lipinski definition) is 2. The molecular formula is C6H12F3IN2O. The van der Waals surface area contributed by atoms with Gasteiger partial charge in [-0.1, -0.05) is 0 Å². The van der Waals surface area contributed by atoms with Gasteiger partial charge in [0.15, 0.2) is 5.60 Å². The zero-order valence-corrected chi connectivity index (χ0v) is 9.55. The third kappa shape index (κ3) is 5.29. The third-order valence-corrected chi connectivity index (χ3v) is 1.25. The van der Waals surface area contributed by atoms with Gasteiger partial charge in [-0.25, -0.2) is 0 Å². The molecule has 0 rings (SSSR count). The summed E-state index contributed by atoms with van der Waals surface area (Å²) in [6, 6.07) is 0. The van der Waals surface area contributed by atoms with E-state index in [1.54, 1.807) is 0 Å². The first-order valence-corrected chi connectivity index (χ1v) is 3.22. The SMILES string of the molecule is CC(N)=NCC(C)(O)C(F)(F)F.I. The first kappa shape index (κ1) is 15.4. The number of halogens is 4. The summed E-state index contributed by atoms with van der Waals surface area (Å²) in [6.07, 6.45) is -4.67. The standard InChI is InChI=1S/C6H11F3N2O.HI/c1-4(10)11-3-5(2,12)6(7,8)9;/h12H,3H2,1-2H3,(H2,10,11);1H. The van der Waals surface area contributed by atoms with Crippen LogP contribution in [0.15, 0.2) is 4.99 Å². The van der Waals surface area contributed by atoms with Gasteiger partial charge in [-0.3, -0.25) is 4.99 Å². The van der Waals surface area contributed by atoms with Gasteiger partial charge in [0.05, 0.1) is 12.4 Å². The highest BCUT2D eigenvalue weighted by molar-refractivity contribution is 14.0. The van der Waals surface area contributed by atoms with Crippen molar-refractivity contribution in [1.82, 2.24) is 0 Å². The molecule has 0 aromatic heterocycles. The number of hydrogen-bond acceptors (Lipinski definition) is 2. The molecule has 0 aliphatic rings. The predicted octanol–water partition coefficient (Wildman–Crippen LogP) is 1.29. The van der Waals surface area contributed by atoms with E-state index in [-0.39, 0.29) is 29.8 Å². The second kappa shape index (κ2) is 4.99. The van der Waals surface area contributed by atoms with Crippen LogP contribution in [0, 0.1) is 0 Å². The Hall–Kier alpha value is -0.0500. The van der Waals surface area contributed by atoms with Gasteiger partial charge in [0.2, 0.25) is 0 Å². The smallest absolute Gasteiger partial charge is 0.388 e. The molecule has 3 N–H and O–H groups in total. The average molecular weight is 312 g/mol. The summed E-state index contributed by atoms with van der Waals surface area (Å²) in [5.74, 6) is 0.0134. The van der Waals surface area contributed by atoms with E-state index in [2.05, 4.69) is 4.99 Å². The Bertz CT molecular complexity index is 187. The normalized spacial score (nSPS) is 17.5. The van der Waals surface area contributed by atoms with E-state index in [4.69, 9.17) is 10.8 Å². The second-order valence-corrected chi connectivity index (χ2v) is 2.73. The van der Waals surface area contributed by atoms with Crippen molar-refractivity contribution < 1.29 is 18.3 Å². The van der Waals surface area contributed by atoms with Crippen LogP contribution in [0.2, 0.25) is 0 Å². The van der Waals surface area contributed by atoms with Crippen molar-refractivity contribution >= 4 is 29.8 Å². The van der Waals surface area contributed by atoms with E-state index in [1.165, 1.54) is 6.92 Å². The summed E-state index contributed by atoms with van der Waals surface area (Å²) in [7, 11) is 0. The minimum atomic E-state index is -4.67. The minimum Gasteiger partial charge on any atom is -0.388 e. The average Bonchev–Trinajstić information content (AvgIpc) is 1.81. The summed E-state index contributed by atoms with van der Waals surface area (Å²) in [6.45, 7) is 1.24. The van der Waals surface area contributed by atoms with Gasteiger partial charge in [0.1, 0.15) is 0 Å². The van der Waals surface area contributed by atoms with Crippen LogP contribution >= 0.6 is 24.0 Å². The molecule has 0 radical (unpaired) electrons. The Balaban J connectivity index is 0. The fraction of sp³-hybridized carbons (Fsp3) is 0.833. The van der Waals surface area contributed by atoms with Crippen molar-refractivity contribution in [3.05, 3.63) is 0 Å². The highest BCUT2D eigenvalue weighted by atomic mass is 127. The molecule has 0 spiro atoms. The summed E-state index contributed by atoms with van der Waals surface area (Å²) in [5.41, 5.74) is 2.22. The van der Waals surface area contributed by atoms with E-state index in [9.17, 15) is 13.2 Å². The molecule has 0 saturated carbocycles. The summed E-state index contributed by atoms with van der Waals surface area (Å²) >= 11 is 0. The molecule has 1 atom stereocenters. The van der Waals surface area contributed by atoms with Gasteiger partial charge in [-0.05, 0) is 13.8 Å². The molecule has 0 bridgehead atoms. The van der Waals surface area contributed by atoms with Crippen molar-refractivity contribution in [1.29, 1.82) is 0 Å². The van der Waals surface area contributed by atoms with Crippen LogP contribution in [0.1, 0.15) is 13.8 Å². The van der Waals surface area contributed by atoms with E-state index >= 15 is 0 Å². The van der Waals surface area contributed by atoms with Gasteiger partial charge in [-0.2, -0.15) is 13.2 Å². The van der Waals surface area contributed by atoms with Crippen LogP contribution < -0.4 is 5.73 Å². The predicted molar refractivity (Wildman–Crippen MR) is 54.3 cm³/mol. The molecule has 1 unspecified atom stereocenters. The maximum absolute atomic E-state index is 11.9. The van der Waals surface area contributed by atoms with Gasteiger partial charge in [-0.15, -0.1) is 24.0 Å². The largest absolute Gasteiger partial charge is 0.418 e. The zero-order valence-electron chi connectivity index (χ0n) is 7.22. The molecule has 13 heavy (non-hydrogen) atoms. The first-order valence-electron chi connectivity index (χ1n) is 3.22. The van der Waals surface area contributed by atoms with Crippen molar-refractivity contribution in [2.45, 2.75) is 25.6 Å². The van der Waals surface area contributed by atoms with Crippen LogP contribution in [-0.4, -0.2) is 29.3 Å². The molecule has 80 valence electrons.